The van der Waals surface area contributed by atoms with Crippen LogP contribution in [-0.2, 0) is 0 Å². The number of para-hydroxylation sites is 1. The van der Waals surface area contributed by atoms with Crippen molar-refractivity contribution in [1.82, 2.24) is 14.9 Å². The number of rotatable bonds is 5. The number of nitrogens with one attached hydrogen (secondary N) is 1. The van der Waals surface area contributed by atoms with Gasteiger partial charge in [0, 0.05) is 48.2 Å². The molecule has 1 atom stereocenters. The van der Waals surface area contributed by atoms with Crippen LogP contribution in [-0.4, -0.2) is 47.0 Å². The largest absolute Gasteiger partial charge is 0.363 e. The standard InChI is InChI=1S/C27H26ClN5O/c1-19(20-8-3-2-4-9-20)29-25-23-12-5-6-13-24(23)30-27(31-25)33-16-14-32(15-17-33)26(34)21-10-7-11-22(28)18-21/h2-13,18-19H,14-17H2,1H3,(H,29,30,31)/t19-/m0/s1. The van der Waals surface area contributed by atoms with Gasteiger partial charge >= 0.3 is 0 Å². The lowest BCUT2D eigenvalue weighted by Crippen LogP contribution is -2.49. The SMILES string of the molecule is C[C@H](Nc1nc(N2CCN(C(=O)c3cccc(Cl)c3)CC2)nc2ccccc12)c1ccccc1. The smallest absolute Gasteiger partial charge is 0.254 e. The van der Waals surface area contributed by atoms with Gasteiger partial charge in [-0.15, -0.1) is 0 Å². The zero-order chi connectivity index (χ0) is 23.5. The molecule has 1 fully saturated rings. The Hall–Kier alpha value is -3.64. The average molecular weight is 472 g/mol. The summed E-state index contributed by atoms with van der Waals surface area (Å²) in [6.07, 6.45) is 0. The van der Waals surface area contributed by atoms with Crippen molar-refractivity contribution in [1.29, 1.82) is 0 Å². The molecule has 0 saturated carbocycles. The summed E-state index contributed by atoms with van der Waals surface area (Å²) in [5.41, 5.74) is 2.71. The molecule has 1 N–H and O–H groups in total. The van der Waals surface area contributed by atoms with E-state index in [9.17, 15) is 4.79 Å². The van der Waals surface area contributed by atoms with E-state index in [4.69, 9.17) is 21.6 Å². The molecule has 3 aromatic carbocycles. The highest BCUT2D eigenvalue weighted by molar-refractivity contribution is 6.30. The number of fused-ring (bicyclic) bond motifs is 1. The van der Waals surface area contributed by atoms with Crippen molar-refractivity contribution in [3.63, 3.8) is 0 Å². The number of anilines is 2. The molecule has 6 nitrogen and oxygen atoms in total. The Morgan fingerprint density at radius 1 is 0.912 bits per heavy atom. The highest BCUT2D eigenvalue weighted by Gasteiger charge is 2.24. The molecule has 1 aromatic heterocycles. The number of hydrogen-bond donors (Lipinski definition) is 1. The lowest BCUT2D eigenvalue weighted by atomic mass is 10.1. The Morgan fingerprint density at radius 3 is 2.41 bits per heavy atom. The zero-order valence-electron chi connectivity index (χ0n) is 19.0. The number of amides is 1. The Morgan fingerprint density at radius 2 is 1.65 bits per heavy atom. The Balaban J connectivity index is 1.35. The van der Waals surface area contributed by atoms with Crippen LogP contribution in [0.4, 0.5) is 11.8 Å². The van der Waals surface area contributed by atoms with E-state index in [0.717, 1.165) is 16.7 Å². The van der Waals surface area contributed by atoms with Crippen molar-refractivity contribution >= 4 is 40.2 Å². The molecule has 0 spiro atoms. The third-order valence-electron chi connectivity index (χ3n) is 6.17. The van der Waals surface area contributed by atoms with Crippen LogP contribution in [0.25, 0.3) is 10.9 Å². The van der Waals surface area contributed by atoms with Crippen molar-refractivity contribution in [3.8, 4) is 0 Å². The summed E-state index contributed by atoms with van der Waals surface area (Å²) in [5, 5.41) is 5.14. The lowest BCUT2D eigenvalue weighted by molar-refractivity contribution is 0.0746. The molecule has 1 aliphatic heterocycles. The summed E-state index contributed by atoms with van der Waals surface area (Å²) >= 11 is 6.07. The zero-order valence-corrected chi connectivity index (χ0v) is 19.7. The number of halogens is 1. The molecule has 1 aliphatic rings. The number of hydrogen-bond acceptors (Lipinski definition) is 5. The minimum atomic E-state index is 0.000575. The predicted octanol–water partition coefficient (Wildman–Crippen LogP) is 5.42. The summed E-state index contributed by atoms with van der Waals surface area (Å²) in [6.45, 7) is 4.66. The molecule has 5 rings (SSSR count). The van der Waals surface area contributed by atoms with Gasteiger partial charge in [-0.1, -0.05) is 60.1 Å². The van der Waals surface area contributed by atoms with Gasteiger partial charge in [-0.2, -0.15) is 4.98 Å². The van der Waals surface area contributed by atoms with E-state index in [2.05, 4.69) is 29.3 Å². The molecular weight excluding hydrogens is 446 g/mol. The van der Waals surface area contributed by atoms with E-state index >= 15 is 0 Å². The second-order valence-electron chi connectivity index (χ2n) is 8.46. The van der Waals surface area contributed by atoms with E-state index in [-0.39, 0.29) is 11.9 Å². The quantitative estimate of drug-likeness (QED) is 0.421. The van der Waals surface area contributed by atoms with Gasteiger partial charge in [-0.3, -0.25) is 4.79 Å². The first-order chi connectivity index (χ1) is 16.6. The second-order valence-corrected chi connectivity index (χ2v) is 8.89. The predicted molar refractivity (Wildman–Crippen MR) is 138 cm³/mol. The fourth-order valence-corrected chi connectivity index (χ4v) is 4.45. The summed E-state index contributed by atoms with van der Waals surface area (Å²) in [7, 11) is 0. The van der Waals surface area contributed by atoms with E-state index in [1.54, 1.807) is 24.3 Å². The minimum absolute atomic E-state index is 0.000575. The van der Waals surface area contributed by atoms with Gasteiger partial charge in [0.15, 0.2) is 0 Å². The van der Waals surface area contributed by atoms with Gasteiger partial charge in [0.2, 0.25) is 5.95 Å². The number of carbonyl (C=O) groups is 1. The summed E-state index contributed by atoms with van der Waals surface area (Å²) in [5.74, 6) is 1.49. The van der Waals surface area contributed by atoms with Gasteiger partial charge in [-0.05, 0) is 42.8 Å². The molecule has 7 heteroatoms. The monoisotopic (exact) mass is 471 g/mol. The Labute approximate surface area is 204 Å². The summed E-state index contributed by atoms with van der Waals surface area (Å²) in [4.78, 5) is 26.6. The van der Waals surface area contributed by atoms with Crippen LogP contribution in [0.2, 0.25) is 5.02 Å². The molecule has 1 saturated heterocycles. The van der Waals surface area contributed by atoms with E-state index in [1.807, 2.05) is 47.4 Å². The van der Waals surface area contributed by atoms with Crippen LogP contribution >= 0.6 is 11.6 Å². The van der Waals surface area contributed by atoms with Crippen LogP contribution in [0.5, 0.6) is 0 Å². The number of carbonyl (C=O) groups excluding carboxylic acids is 1. The average Bonchev–Trinajstić information content (AvgIpc) is 2.89. The molecule has 2 heterocycles. The van der Waals surface area contributed by atoms with E-state index in [0.29, 0.717) is 42.7 Å². The molecule has 0 unspecified atom stereocenters. The molecule has 0 radical (unpaired) electrons. The maximum Gasteiger partial charge on any atom is 0.254 e. The van der Waals surface area contributed by atoms with E-state index < -0.39 is 0 Å². The van der Waals surface area contributed by atoms with Gasteiger partial charge in [0.1, 0.15) is 5.82 Å². The maximum atomic E-state index is 12.9. The minimum Gasteiger partial charge on any atom is -0.363 e. The molecule has 0 bridgehead atoms. The Kier molecular flexibility index (Phi) is 6.32. The topological polar surface area (TPSA) is 61.4 Å². The highest BCUT2D eigenvalue weighted by Crippen LogP contribution is 2.27. The summed E-state index contributed by atoms with van der Waals surface area (Å²) < 4.78 is 0. The number of piperazine rings is 1. The third kappa shape index (κ3) is 4.68. The fraction of sp³-hybridized carbons (Fsp3) is 0.222. The molecule has 0 aliphatic carbocycles. The number of aromatic nitrogens is 2. The van der Waals surface area contributed by atoms with Crippen LogP contribution in [0.15, 0.2) is 78.9 Å². The molecule has 172 valence electrons. The van der Waals surface area contributed by atoms with Gasteiger partial charge in [0.05, 0.1) is 5.52 Å². The molecule has 34 heavy (non-hydrogen) atoms. The van der Waals surface area contributed by atoms with E-state index in [1.165, 1.54) is 5.56 Å². The molecule has 1 amide bonds. The van der Waals surface area contributed by atoms with Crippen molar-refractivity contribution in [2.75, 3.05) is 36.4 Å². The van der Waals surface area contributed by atoms with Crippen LogP contribution in [0, 0.1) is 0 Å². The van der Waals surface area contributed by atoms with Gasteiger partial charge in [-0.25, -0.2) is 4.98 Å². The number of nitrogens with zero attached hydrogens (tertiary/aromatic N) is 4. The van der Waals surface area contributed by atoms with Crippen molar-refractivity contribution in [2.24, 2.45) is 0 Å². The maximum absolute atomic E-state index is 12.9. The van der Waals surface area contributed by atoms with Crippen LogP contribution < -0.4 is 10.2 Å². The molecular formula is C27H26ClN5O. The number of benzene rings is 3. The van der Waals surface area contributed by atoms with Crippen molar-refractivity contribution in [3.05, 3.63) is 95.0 Å². The Bertz CT molecular complexity index is 1300. The van der Waals surface area contributed by atoms with Crippen LogP contribution in [0.3, 0.4) is 0 Å². The third-order valence-corrected chi connectivity index (χ3v) is 6.40. The van der Waals surface area contributed by atoms with Crippen molar-refractivity contribution < 1.29 is 4.79 Å². The van der Waals surface area contributed by atoms with Crippen molar-refractivity contribution in [2.45, 2.75) is 13.0 Å². The normalized spacial score (nSPS) is 14.8. The lowest BCUT2D eigenvalue weighted by Gasteiger charge is -2.35. The summed E-state index contributed by atoms with van der Waals surface area (Å²) in [6, 6.07) is 25.6. The second kappa shape index (κ2) is 9.69. The van der Waals surface area contributed by atoms with Crippen LogP contribution in [0.1, 0.15) is 28.9 Å². The fourth-order valence-electron chi connectivity index (χ4n) is 4.26. The van der Waals surface area contributed by atoms with Gasteiger partial charge < -0.3 is 15.1 Å². The first-order valence-electron chi connectivity index (χ1n) is 11.5. The first kappa shape index (κ1) is 22.2. The molecule has 4 aromatic rings. The highest BCUT2D eigenvalue weighted by atomic mass is 35.5. The first-order valence-corrected chi connectivity index (χ1v) is 11.8. The van der Waals surface area contributed by atoms with Gasteiger partial charge in [0.25, 0.3) is 5.91 Å².